The van der Waals surface area contributed by atoms with Crippen LogP contribution in [0.1, 0.15) is 29.6 Å². The minimum Gasteiger partial charge on any atom is -0.264 e. The highest BCUT2D eigenvalue weighted by Crippen LogP contribution is 2.17. The van der Waals surface area contributed by atoms with Gasteiger partial charge in [0.1, 0.15) is 11.0 Å². The molecule has 88 valence electrons. The van der Waals surface area contributed by atoms with Gasteiger partial charge in [-0.1, -0.05) is 24.6 Å². The maximum absolute atomic E-state index is 6.13. The molecule has 0 aliphatic rings. The SMILES string of the molecule is CCc1c(C)nc(Cc2cccnc2)nc1Cl. The smallest absolute Gasteiger partial charge is 0.136 e. The molecule has 0 N–H and O–H groups in total. The Kier molecular flexibility index (Phi) is 3.69. The summed E-state index contributed by atoms with van der Waals surface area (Å²) in [6, 6.07) is 3.91. The van der Waals surface area contributed by atoms with E-state index in [1.807, 2.05) is 25.3 Å². The Bertz CT molecular complexity index is 488. The van der Waals surface area contributed by atoms with E-state index in [0.29, 0.717) is 11.6 Å². The van der Waals surface area contributed by atoms with E-state index in [0.717, 1.165) is 29.1 Å². The molecule has 0 aliphatic carbocycles. The Hall–Kier alpha value is -1.48. The lowest BCUT2D eigenvalue weighted by molar-refractivity contribution is 0.902. The van der Waals surface area contributed by atoms with E-state index in [2.05, 4.69) is 21.9 Å². The van der Waals surface area contributed by atoms with Crippen molar-refractivity contribution in [2.45, 2.75) is 26.7 Å². The van der Waals surface area contributed by atoms with Crippen LogP contribution in [-0.2, 0) is 12.8 Å². The lowest BCUT2D eigenvalue weighted by Crippen LogP contribution is -2.03. The quantitative estimate of drug-likeness (QED) is 0.783. The van der Waals surface area contributed by atoms with Crippen molar-refractivity contribution >= 4 is 11.6 Å². The molecule has 3 nitrogen and oxygen atoms in total. The van der Waals surface area contributed by atoms with E-state index in [-0.39, 0.29) is 0 Å². The van der Waals surface area contributed by atoms with Crippen LogP contribution in [0.2, 0.25) is 5.15 Å². The molecule has 0 aromatic carbocycles. The van der Waals surface area contributed by atoms with Gasteiger partial charge < -0.3 is 0 Å². The molecule has 0 bridgehead atoms. The summed E-state index contributed by atoms with van der Waals surface area (Å²) in [6.07, 6.45) is 5.10. The van der Waals surface area contributed by atoms with Gasteiger partial charge in [-0.15, -0.1) is 0 Å². The highest BCUT2D eigenvalue weighted by Gasteiger charge is 2.08. The summed E-state index contributed by atoms with van der Waals surface area (Å²) >= 11 is 6.13. The standard InChI is InChI=1S/C13H14ClN3/c1-3-11-9(2)16-12(17-13(11)14)7-10-5-4-6-15-8-10/h4-6,8H,3,7H2,1-2H3. The van der Waals surface area contributed by atoms with Crippen molar-refractivity contribution in [2.75, 3.05) is 0 Å². The largest absolute Gasteiger partial charge is 0.264 e. The number of aryl methyl sites for hydroxylation is 1. The summed E-state index contributed by atoms with van der Waals surface area (Å²) in [4.78, 5) is 12.9. The first-order chi connectivity index (χ1) is 8.20. The lowest BCUT2D eigenvalue weighted by atomic mass is 10.1. The molecule has 0 radical (unpaired) electrons. The van der Waals surface area contributed by atoms with Crippen LogP contribution in [0, 0.1) is 6.92 Å². The second-order valence-corrected chi connectivity index (χ2v) is 4.24. The first-order valence-electron chi connectivity index (χ1n) is 5.61. The van der Waals surface area contributed by atoms with Gasteiger partial charge in [0, 0.05) is 30.1 Å². The van der Waals surface area contributed by atoms with Crippen LogP contribution in [0.15, 0.2) is 24.5 Å². The third-order valence-electron chi connectivity index (χ3n) is 2.65. The Labute approximate surface area is 106 Å². The Balaban J connectivity index is 2.29. The molecule has 0 aliphatic heterocycles. The number of rotatable bonds is 3. The number of hydrogen-bond donors (Lipinski definition) is 0. The van der Waals surface area contributed by atoms with E-state index in [1.165, 1.54) is 0 Å². The second kappa shape index (κ2) is 5.23. The van der Waals surface area contributed by atoms with E-state index in [9.17, 15) is 0 Å². The lowest BCUT2D eigenvalue weighted by Gasteiger charge is -2.07. The molecule has 2 aromatic rings. The van der Waals surface area contributed by atoms with Gasteiger partial charge in [0.25, 0.3) is 0 Å². The molecular weight excluding hydrogens is 234 g/mol. The van der Waals surface area contributed by atoms with Gasteiger partial charge >= 0.3 is 0 Å². The fourth-order valence-corrected chi connectivity index (χ4v) is 2.15. The molecular formula is C13H14ClN3. The maximum atomic E-state index is 6.13. The molecule has 2 heterocycles. The molecule has 0 amide bonds. The predicted octanol–water partition coefficient (Wildman–Crippen LogP) is 2.99. The zero-order valence-electron chi connectivity index (χ0n) is 9.94. The highest BCUT2D eigenvalue weighted by atomic mass is 35.5. The molecule has 17 heavy (non-hydrogen) atoms. The number of aromatic nitrogens is 3. The minimum absolute atomic E-state index is 0.568. The van der Waals surface area contributed by atoms with Crippen molar-refractivity contribution in [2.24, 2.45) is 0 Å². The highest BCUT2D eigenvalue weighted by molar-refractivity contribution is 6.30. The summed E-state index contributed by atoms with van der Waals surface area (Å²) in [7, 11) is 0. The minimum atomic E-state index is 0.568. The summed E-state index contributed by atoms with van der Waals surface area (Å²) in [5.74, 6) is 0.748. The monoisotopic (exact) mass is 247 g/mol. The summed E-state index contributed by atoms with van der Waals surface area (Å²) < 4.78 is 0. The molecule has 0 atom stereocenters. The Morgan fingerprint density at radius 1 is 1.29 bits per heavy atom. The third-order valence-corrected chi connectivity index (χ3v) is 2.96. The molecule has 0 saturated carbocycles. The normalized spacial score (nSPS) is 10.5. The predicted molar refractivity (Wildman–Crippen MR) is 68.2 cm³/mol. The second-order valence-electron chi connectivity index (χ2n) is 3.89. The third kappa shape index (κ3) is 2.80. The topological polar surface area (TPSA) is 38.7 Å². The van der Waals surface area contributed by atoms with Crippen molar-refractivity contribution in [1.82, 2.24) is 15.0 Å². The van der Waals surface area contributed by atoms with Crippen LogP contribution in [-0.4, -0.2) is 15.0 Å². The fourth-order valence-electron chi connectivity index (χ4n) is 1.78. The van der Waals surface area contributed by atoms with Crippen LogP contribution in [0.5, 0.6) is 0 Å². The molecule has 0 fully saturated rings. The van der Waals surface area contributed by atoms with Gasteiger partial charge in [-0.3, -0.25) is 4.98 Å². The van der Waals surface area contributed by atoms with Crippen molar-refractivity contribution in [3.05, 3.63) is 52.3 Å². The van der Waals surface area contributed by atoms with Crippen molar-refractivity contribution in [1.29, 1.82) is 0 Å². The van der Waals surface area contributed by atoms with Crippen molar-refractivity contribution in [3.8, 4) is 0 Å². The summed E-state index contributed by atoms with van der Waals surface area (Å²) in [5.41, 5.74) is 3.08. The summed E-state index contributed by atoms with van der Waals surface area (Å²) in [6.45, 7) is 4.03. The first-order valence-corrected chi connectivity index (χ1v) is 5.99. The molecule has 2 aromatic heterocycles. The van der Waals surface area contributed by atoms with Crippen LogP contribution in [0.25, 0.3) is 0 Å². The van der Waals surface area contributed by atoms with Gasteiger partial charge in [-0.05, 0) is 25.0 Å². The number of pyridine rings is 1. The average Bonchev–Trinajstić information content (AvgIpc) is 2.30. The molecule has 0 spiro atoms. The van der Waals surface area contributed by atoms with Crippen LogP contribution >= 0.6 is 11.6 Å². The fraction of sp³-hybridized carbons (Fsp3) is 0.308. The van der Waals surface area contributed by atoms with Gasteiger partial charge in [-0.25, -0.2) is 9.97 Å². The van der Waals surface area contributed by atoms with Crippen molar-refractivity contribution in [3.63, 3.8) is 0 Å². The van der Waals surface area contributed by atoms with Gasteiger partial charge in [0.2, 0.25) is 0 Å². The summed E-state index contributed by atoms with van der Waals surface area (Å²) in [5, 5.41) is 0.568. The average molecular weight is 248 g/mol. The number of hydrogen-bond acceptors (Lipinski definition) is 3. The van der Waals surface area contributed by atoms with Gasteiger partial charge in [-0.2, -0.15) is 0 Å². The maximum Gasteiger partial charge on any atom is 0.136 e. The van der Waals surface area contributed by atoms with E-state index in [4.69, 9.17) is 11.6 Å². The number of nitrogens with zero attached hydrogens (tertiary/aromatic N) is 3. The first kappa shape index (κ1) is 12.0. The van der Waals surface area contributed by atoms with Crippen LogP contribution < -0.4 is 0 Å². The Morgan fingerprint density at radius 2 is 2.12 bits per heavy atom. The number of halogens is 1. The van der Waals surface area contributed by atoms with Gasteiger partial charge in [0.15, 0.2) is 0 Å². The van der Waals surface area contributed by atoms with Gasteiger partial charge in [0.05, 0.1) is 0 Å². The zero-order valence-corrected chi connectivity index (χ0v) is 10.7. The molecule has 0 saturated heterocycles. The Morgan fingerprint density at radius 3 is 2.71 bits per heavy atom. The van der Waals surface area contributed by atoms with E-state index >= 15 is 0 Å². The van der Waals surface area contributed by atoms with Crippen molar-refractivity contribution < 1.29 is 0 Å². The molecule has 0 unspecified atom stereocenters. The van der Waals surface area contributed by atoms with E-state index in [1.54, 1.807) is 6.20 Å². The van der Waals surface area contributed by atoms with Crippen LogP contribution in [0.3, 0.4) is 0 Å². The van der Waals surface area contributed by atoms with E-state index < -0.39 is 0 Å². The molecule has 2 rings (SSSR count). The molecule has 4 heteroatoms. The van der Waals surface area contributed by atoms with Crippen LogP contribution in [0.4, 0.5) is 0 Å². The zero-order chi connectivity index (χ0) is 12.3.